The second-order valence-corrected chi connectivity index (χ2v) is 5.68. The van der Waals surface area contributed by atoms with Crippen LogP contribution in [0.1, 0.15) is 16.7 Å². The smallest absolute Gasteiger partial charge is 0.411 e. The highest BCUT2D eigenvalue weighted by Gasteiger charge is 2.36. The Bertz CT molecular complexity index is 729. The first-order chi connectivity index (χ1) is 11.7. The van der Waals surface area contributed by atoms with Crippen molar-refractivity contribution in [1.29, 1.82) is 0 Å². The molecule has 0 fully saturated rings. The van der Waals surface area contributed by atoms with Gasteiger partial charge in [-0.3, -0.25) is 4.90 Å². The van der Waals surface area contributed by atoms with Gasteiger partial charge in [-0.1, -0.05) is 54.6 Å². The van der Waals surface area contributed by atoms with E-state index in [0.29, 0.717) is 13.0 Å². The molecule has 0 radical (unpaired) electrons. The average Bonchev–Trinajstić information content (AvgIpc) is 2.65. The maximum Gasteiger partial charge on any atom is 0.411 e. The standard InChI is InChI=1S/C19H19NO4/c1-23-18(21)17-11-15-9-5-6-10-16(15)12-20(17)19(22)24-13-14-7-3-2-4-8-14/h2-10,17H,11-13H2,1H3/t17-/m1/s1. The molecule has 1 aliphatic heterocycles. The fraction of sp³-hybridized carbons (Fsp3) is 0.263. The zero-order valence-corrected chi connectivity index (χ0v) is 13.5. The molecule has 0 unspecified atom stereocenters. The largest absolute Gasteiger partial charge is 0.467 e. The highest BCUT2D eigenvalue weighted by atomic mass is 16.6. The van der Waals surface area contributed by atoms with Crippen molar-refractivity contribution in [2.45, 2.75) is 25.6 Å². The number of amides is 1. The first-order valence-electron chi connectivity index (χ1n) is 7.81. The number of hydrogen-bond acceptors (Lipinski definition) is 4. The highest BCUT2D eigenvalue weighted by Crippen LogP contribution is 2.25. The van der Waals surface area contributed by atoms with Gasteiger partial charge in [0, 0.05) is 6.42 Å². The van der Waals surface area contributed by atoms with Crippen LogP contribution in [-0.2, 0) is 33.8 Å². The third-order valence-corrected chi connectivity index (χ3v) is 4.16. The first-order valence-corrected chi connectivity index (χ1v) is 7.81. The molecule has 1 amide bonds. The first kappa shape index (κ1) is 16.1. The lowest BCUT2D eigenvalue weighted by Crippen LogP contribution is -2.49. The quantitative estimate of drug-likeness (QED) is 0.814. The van der Waals surface area contributed by atoms with Gasteiger partial charge in [-0.2, -0.15) is 0 Å². The maximum atomic E-state index is 12.5. The van der Waals surface area contributed by atoms with Crippen molar-refractivity contribution >= 4 is 12.1 Å². The van der Waals surface area contributed by atoms with Crippen LogP contribution in [0.5, 0.6) is 0 Å². The molecule has 0 aliphatic carbocycles. The second-order valence-electron chi connectivity index (χ2n) is 5.68. The molecule has 1 atom stereocenters. The zero-order chi connectivity index (χ0) is 16.9. The Morgan fingerprint density at radius 1 is 1.04 bits per heavy atom. The van der Waals surface area contributed by atoms with E-state index >= 15 is 0 Å². The second kappa shape index (κ2) is 7.17. The molecule has 2 aromatic carbocycles. The summed E-state index contributed by atoms with van der Waals surface area (Å²) < 4.78 is 10.2. The summed E-state index contributed by atoms with van der Waals surface area (Å²) in [5, 5.41) is 0. The summed E-state index contributed by atoms with van der Waals surface area (Å²) in [5.41, 5.74) is 2.98. The van der Waals surface area contributed by atoms with Crippen LogP contribution in [0.15, 0.2) is 54.6 Å². The number of carbonyl (C=O) groups excluding carboxylic acids is 2. The Morgan fingerprint density at radius 2 is 1.71 bits per heavy atom. The van der Waals surface area contributed by atoms with E-state index in [9.17, 15) is 9.59 Å². The molecular weight excluding hydrogens is 306 g/mol. The van der Waals surface area contributed by atoms with E-state index < -0.39 is 18.1 Å². The molecule has 0 aromatic heterocycles. The van der Waals surface area contributed by atoms with E-state index in [4.69, 9.17) is 9.47 Å². The Labute approximate surface area is 140 Å². The van der Waals surface area contributed by atoms with E-state index in [1.165, 1.54) is 12.0 Å². The lowest BCUT2D eigenvalue weighted by molar-refractivity contribution is -0.147. The topological polar surface area (TPSA) is 55.8 Å². The van der Waals surface area contributed by atoms with Crippen LogP contribution >= 0.6 is 0 Å². The van der Waals surface area contributed by atoms with Gasteiger partial charge in [0.05, 0.1) is 13.7 Å². The lowest BCUT2D eigenvalue weighted by Gasteiger charge is -2.34. The number of ether oxygens (including phenoxy) is 2. The van der Waals surface area contributed by atoms with Crippen molar-refractivity contribution < 1.29 is 19.1 Å². The molecule has 24 heavy (non-hydrogen) atoms. The Hall–Kier alpha value is -2.82. The molecule has 5 nitrogen and oxygen atoms in total. The number of benzene rings is 2. The molecule has 2 aromatic rings. The predicted octanol–water partition coefficient (Wildman–Crippen LogP) is 2.92. The monoisotopic (exact) mass is 325 g/mol. The molecule has 1 aliphatic rings. The summed E-state index contributed by atoms with van der Waals surface area (Å²) in [6, 6.07) is 16.6. The number of esters is 1. The van der Waals surface area contributed by atoms with Crippen molar-refractivity contribution in [3.05, 3.63) is 71.3 Å². The molecule has 3 rings (SSSR count). The number of carbonyl (C=O) groups is 2. The Balaban J connectivity index is 1.75. The minimum Gasteiger partial charge on any atom is -0.467 e. The van der Waals surface area contributed by atoms with Crippen LogP contribution in [0.2, 0.25) is 0 Å². The van der Waals surface area contributed by atoms with E-state index in [-0.39, 0.29) is 6.61 Å². The molecule has 1 heterocycles. The molecule has 0 bridgehead atoms. The molecule has 0 N–H and O–H groups in total. The van der Waals surface area contributed by atoms with E-state index in [0.717, 1.165) is 16.7 Å². The van der Waals surface area contributed by atoms with Gasteiger partial charge in [-0.15, -0.1) is 0 Å². The zero-order valence-electron chi connectivity index (χ0n) is 13.5. The van der Waals surface area contributed by atoms with Gasteiger partial charge in [0.1, 0.15) is 12.6 Å². The van der Waals surface area contributed by atoms with Crippen molar-refractivity contribution in [2.24, 2.45) is 0 Å². The number of methoxy groups -OCH3 is 1. The summed E-state index contributed by atoms with van der Waals surface area (Å²) in [6.45, 7) is 0.509. The summed E-state index contributed by atoms with van der Waals surface area (Å²) in [7, 11) is 1.33. The minimum atomic E-state index is -0.659. The molecule has 5 heteroatoms. The van der Waals surface area contributed by atoms with Gasteiger partial charge in [0.25, 0.3) is 0 Å². The Kier molecular flexibility index (Phi) is 4.79. The van der Waals surface area contributed by atoms with Crippen molar-refractivity contribution in [3.63, 3.8) is 0 Å². The van der Waals surface area contributed by atoms with Crippen molar-refractivity contribution in [1.82, 2.24) is 4.90 Å². The summed E-state index contributed by atoms with van der Waals surface area (Å²) in [5.74, 6) is -0.429. The van der Waals surface area contributed by atoms with Crippen LogP contribution in [-0.4, -0.2) is 30.1 Å². The number of hydrogen-bond donors (Lipinski definition) is 0. The van der Waals surface area contributed by atoms with Crippen molar-refractivity contribution in [3.8, 4) is 0 Å². The van der Waals surface area contributed by atoms with Crippen LogP contribution in [0.4, 0.5) is 4.79 Å². The van der Waals surface area contributed by atoms with Gasteiger partial charge in [0.2, 0.25) is 0 Å². The Morgan fingerprint density at radius 3 is 2.42 bits per heavy atom. The van der Waals surface area contributed by atoms with E-state index in [1.807, 2.05) is 54.6 Å². The average molecular weight is 325 g/mol. The predicted molar refractivity (Wildman–Crippen MR) is 88.1 cm³/mol. The minimum absolute atomic E-state index is 0.172. The lowest BCUT2D eigenvalue weighted by atomic mass is 9.94. The van der Waals surface area contributed by atoms with E-state index in [1.54, 1.807) is 0 Å². The number of nitrogens with zero attached hydrogens (tertiary/aromatic N) is 1. The molecule has 124 valence electrons. The van der Waals surface area contributed by atoms with Gasteiger partial charge < -0.3 is 9.47 Å². The fourth-order valence-electron chi connectivity index (χ4n) is 2.86. The molecule has 0 spiro atoms. The van der Waals surface area contributed by atoms with Crippen LogP contribution in [0.3, 0.4) is 0 Å². The summed E-state index contributed by atoms with van der Waals surface area (Å²) in [6.07, 6.45) is -0.0766. The van der Waals surface area contributed by atoms with Crippen LogP contribution in [0.25, 0.3) is 0 Å². The SMILES string of the molecule is COC(=O)[C@H]1Cc2ccccc2CN1C(=O)OCc1ccccc1. The summed E-state index contributed by atoms with van der Waals surface area (Å²) >= 11 is 0. The number of fused-ring (bicyclic) bond motifs is 1. The van der Waals surface area contributed by atoms with Gasteiger partial charge in [-0.05, 0) is 16.7 Å². The molecule has 0 saturated heterocycles. The van der Waals surface area contributed by atoms with Crippen molar-refractivity contribution in [2.75, 3.05) is 7.11 Å². The maximum absolute atomic E-state index is 12.5. The molecule has 0 saturated carbocycles. The number of rotatable bonds is 3. The van der Waals surface area contributed by atoms with Crippen LogP contribution < -0.4 is 0 Å². The third kappa shape index (κ3) is 3.40. The molecular formula is C19H19NO4. The summed E-state index contributed by atoms with van der Waals surface area (Å²) in [4.78, 5) is 26.0. The van der Waals surface area contributed by atoms with Crippen LogP contribution in [0, 0.1) is 0 Å². The van der Waals surface area contributed by atoms with Gasteiger partial charge in [-0.25, -0.2) is 9.59 Å². The van der Waals surface area contributed by atoms with Gasteiger partial charge in [0.15, 0.2) is 0 Å². The normalized spacial score (nSPS) is 16.2. The van der Waals surface area contributed by atoms with Gasteiger partial charge >= 0.3 is 12.1 Å². The third-order valence-electron chi connectivity index (χ3n) is 4.16. The highest BCUT2D eigenvalue weighted by molar-refractivity contribution is 5.82. The van der Waals surface area contributed by atoms with E-state index in [2.05, 4.69) is 0 Å². The fourth-order valence-corrected chi connectivity index (χ4v) is 2.86.